The van der Waals surface area contributed by atoms with Crippen LogP contribution >= 0.6 is 0 Å². The van der Waals surface area contributed by atoms with Crippen LogP contribution in [-0.4, -0.2) is 70.5 Å². The van der Waals surface area contributed by atoms with Gasteiger partial charge >= 0.3 is 0 Å². The van der Waals surface area contributed by atoms with Gasteiger partial charge in [0, 0.05) is 50.5 Å². The average molecular weight is 430 g/mol. The first-order valence-electron chi connectivity index (χ1n) is 10.8. The Morgan fingerprint density at radius 1 is 0.933 bits per heavy atom. The van der Waals surface area contributed by atoms with Gasteiger partial charge in [-0.25, -0.2) is 8.42 Å². The lowest BCUT2D eigenvalue weighted by molar-refractivity contribution is 0.271. The molecule has 0 bridgehead atoms. The molecule has 0 unspecified atom stereocenters. The van der Waals surface area contributed by atoms with Crippen LogP contribution in [0.4, 0.5) is 5.69 Å². The number of hydrogen-bond acceptors (Lipinski definition) is 5. The van der Waals surface area contributed by atoms with Gasteiger partial charge in [0.2, 0.25) is 10.0 Å². The summed E-state index contributed by atoms with van der Waals surface area (Å²) in [4.78, 5) is 4.99. The molecule has 6 nitrogen and oxygen atoms in total. The van der Waals surface area contributed by atoms with Crippen LogP contribution < -0.4 is 9.64 Å². The second kappa shape index (κ2) is 8.96. The molecule has 0 aromatic heterocycles. The van der Waals surface area contributed by atoms with E-state index in [1.54, 1.807) is 11.4 Å². The standard InChI is InChI=1S/C23H31N3O3S/c1-3-24-13-15-25(16-14-24)20-17-21(19-9-5-4-6-10-19)23(29-2)22(18-20)30(27,28)26-11-7-8-12-26/h4-6,9-10,17-18H,3,7-8,11-16H2,1-2H3. The number of likely N-dealkylation sites (N-methyl/N-ethyl adjacent to an activating group) is 1. The summed E-state index contributed by atoms with van der Waals surface area (Å²) in [6, 6.07) is 13.8. The normalized spacial score (nSPS) is 18.7. The predicted molar refractivity (Wildman–Crippen MR) is 121 cm³/mol. The lowest BCUT2D eigenvalue weighted by Gasteiger charge is -2.36. The maximum absolute atomic E-state index is 13.6. The van der Waals surface area contributed by atoms with Crippen LogP contribution in [0, 0.1) is 0 Å². The highest BCUT2D eigenvalue weighted by Crippen LogP contribution is 2.41. The molecule has 0 aliphatic carbocycles. The largest absolute Gasteiger partial charge is 0.495 e. The molecule has 0 radical (unpaired) electrons. The van der Waals surface area contributed by atoms with Gasteiger partial charge in [-0.3, -0.25) is 0 Å². The van der Waals surface area contributed by atoms with E-state index in [0.29, 0.717) is 18.8 Å². The van der Waals surface area contributed by atoms with Crippen molar-refractivity contribution in [1.82, 2.24) is 9.21 Å². The predicted octanol–water partition coefficient (Wildman–Crippen LogP) is 3.29. The Bertz CT molecular complexity index is 965. The second-order valence-electron chi connectivity index (χ2n) is 7.92. The highest BCUT2D eigenvalue weighted by Gasteiger charge is 2.32. The molecule has 4 rings (SSSR count). The van der Waals surface area contributed by atoms with E-state index < -0.39 is 10.0 Å². The van der Waals surface area contributed by atoms with Gasteiger partial charge in [0.25, 0.3) is 0 Å². The van der Waals surface area contributed by atoms with Crippen molar-refractivity contribution in [3.63, 3.8) is 0 Å². The van der Waals surface area contributed by atoms with Gasteiger partial charge in [-0.05, 0) is 37.1 Å². The van der Waals surface area contributed by atoms with E-state index in [1.807, 2.05) is 36.4 Å². The molecular weight excluding hydrogens is 398 g/mol. The summed E-state index contributed by atoms with van der Waals surface area (Å²) in [6.07, 6.45) is 1.82. The zero-order valence-corrected chi connectivity index (χ0v) is 18.7. The number of methoxy groups -OCH3 is 1. The fourth-order valence-electron chi connectivity index (χ4n) is 4.39. The SMILES string of the molecule is CCN1CCN(c2cc(-c3ccccc3)c(OC)c(S(=O)(=O)N3CCCC3)c2)CC1. The third kappa shape index (κ3) is 4.06. The highest BCUT2D eigenvalue weighted by molar-refractivity contribution is 7.89. The number of rotatable bonds is 6. The molecule has 0 N–H and O–H groups in total. The van der Waals surface area contributed by atoms with Crippen LogP contribution in [0.3, 0.4) is 0 Å². The van der Waals surface area contributed by atoms with Crippen LogP contribution in [0.25, 0.3) is 11.1 Å². The molecule has 2 heterocycles. The molecule has 2 aliphatic rings. The monoisotopic (exact) mass is 429 g/mol. The summed E-state index contributed by atoms with van der Waals surface area (Å²) in [5.74, 6) is 0.434. The Kier molecular flexibility index (Phi) is 6.32. The molecule has 30 heavy (non-hydrogen) atoms. The minimum absolute atomic E-state index is 0.279. The summed E-state index contributed by atoms with van der Waals surface area (Å²) in [5, 5.41) is 0. The first-order valence-corrected chi connectivity index (χ1v) is 12.2. The zero-order valence-electron chi connectivity index (χ0n) is 17.9. The van der Waals surface area contributed by atoms with Crippen LogP contribution in [0.5, 0.6) is 5.75 Å². The Morgan fingerprint density at radius 2 is 1.60 bits per heavy atom. The van der Waals surface area contributed by atoms with Crippen molar-refractivity contribution in [2.24, 2.45) is 0 Å². The van der Waals surface area contributed by atoms with Crippen molar-refractivity contribution in [3.05, 3.63) is 42.5 Å². The fourth-order valence-corrected chi connectivity index (χ4v) is 6.11. The van der Waals surface area contributed by atoms with E-state index in [2.05, 4.69) is 22.8 Å². The molecule has 2 aromatic rings. The van der Waals surface area contributed by atoms with Gasteiger partial charge in [0.05, 0.1) is 7.11 Å². The number of ether oxygens (including phenoxy) is 1. The lowest BCUT2D eigenvalue weighted by atomic mass is 10.0. The van der Waals surface area contributed by atoms with Gasteiger partial charge in [-0.2, -0.15) is 4.31 Å². The summed E-state index contributed by atoms with van der Waals surface area (Å²) >= 11 is 0. The average Bonchev–Trinajstić information content (AvgIpc) is 3.35. The van der Waals surface area contributed by atoms with Crippen molar-refractivity contribution >= 4 is 15.7 Å². The molecule has 7 heteroatoms. The first kappa shape index (κ1) is 21.2. The Hall–Kier alpha value is -2.09. The molecule has 0 atom stereocenters. The Morgan fingerprint density at radius 3 is 2.20 bits per heavy atom. The Labute approximate surface area is 180 Å². The molecule has 2 fully saturated rings. The number of nitrogens with zero attached hydrogens (tertiary/aromatic N) is 3. The molecule has 0 saturated carbocycles. The fraction of sp³-hybridized carbons (Fsp3) is 0.478. The third-order valence-corrected chi connectivity index (χ3v) is 8.10. The van der Waals surface area contributed by atoms with Gasteiger partial charge in [-0.1, -0.05) is 37.3 Å². The Balaban J connectivity index is 1.83. The van der Waals surface area contributed by atoms with Crippen molar-refractivity contribution in [3.8, 4) is 16.9 Å². The van der Waals surface area contributed by atoms with E-state index >= 15 is 0 Å². The second-order valence-corrected chi connectivity index (χ2v) is 9.83. The molecule has 0 spiro atoms. The summed E-state index contributed by atoms with van der Waals surface area (Å²) in [7, 11) is -2.06. The van der Waals surface area contributed by atoms with Crippen molar-refractivity contribution < 1.29 is 13.2 Å². The molecule has 0 amide bonds. The maximum atomic E-state index is 13.6. The minimum Gasteiger partial charge on any atom is -0.495 e. The smallest absolute Gasteiger partial charge is 0.246 e. The highest BCUT2D eigenvalue weighted by atomic mass is 32.2. The van der Waals surface area contributed by atoms with Crippen LogP contribution in [-0.2, 0) is 10.0 Å². The van der Waals surface area contributed by atoms with E-state index in [4.69, 9.17) is 4.74 Å². The van der Waals surface area contributed by atoms with Gasteiger partial charge < -0.3 is 14.5 Å². The van der Waals surface area contributed by atoms with Crippen LogP contribution in [0.2, 0.25) is 0 Å². The number of benzene rings is 2. The van der Waals surface area contributed by atoms with Gasteiger partial charge in [-0.15, -0.1) is 0 Å². The molecular formula is C23H31N3O3S. The summed E-state index contributed by atoms with van der Waals surface area (Å²) in [6.45, 7) is 8.11. The van der Waals surface area contributed by atoms with Gasteiger partial charge in [0.1, 0.15) is 10.6 Å². The first-order chi connectivity index (χ1) is 14.5. The number of piperazine rings is 1. The molecule has 2 saturated heterocycles. The van der Waals surface area contributed by atoms with Crippen molar-refractivity contribution in [1.29, 1.82) is 0 Å². The quantitative estimate of drug-likeness (QED) is 0.705. The number of hydrogen-bond donors (Lipinski definition) is 0. The summed E-state index contributed by atoms with van der Waals surface area (Å²) in [5.41, 5.74) is 2.73. The van der Waals surface area contributed by atoms with Crippen LogP contribution in [0.1, 0.15) is 19.8 Å². The molecule has 162 valence electrons. The van der Waals surface area contributed by atoms with Gasteiger partial charge in [0.15, 0.2) is 0 Å². The summed E-state index contributed by atoms with van der Waals surface area (Å²) < 4.78 is 34.4. The van der Waals surface area contributed by atoms with E-state index in [9.17, 15) is 8.42 Å². The minimum atomic E-state index is -3.62. The maximum Gasteiger partial charge on any atom is 0.246 e. The zero-order chi connectivity index (χ0) is 21.1. The topological polar surface area (TPSA) is 53.1 Å². The number of sulfonamides is 1. The van der Waals surface area contributed by atoms with Crippen molar-refractivity contribution in [2.45, 2.75) is 24.7 Å². The van der Waals surface area contributed by atoms with E-state index in [0.717, 1.165) is 62.4 Å². The van der Waals surface area contributed by atoms with E-state index in [-0.39, 0.29) is 4.90 Å². The van der Waals surface area contributed by atoms with Crippen LogP contribution in [0.15, 0.2) is 47.4 Å². The third-order valence-electron chi connectivity index (χ3n) is 6.20. The molecule has 2 aliphatic heterocycles. The van der Waals surface area contributed by atoms with E-state index in [1.165, 1.54) is 0 Å². The lowest BCUT2D eigenvalue weighted by Crippen LogP contribution is -2.46. The molecule has 2 aromatic carbocycles. The van der Waals surface area contributed by atoms with Crippen molar-refractivity contribution in [2.75, 3.05) is 57.8 Å². The number of anilines is 1.